The fraction of sp³-hybridized carbons (Fsp3) is 0.240. The number of para-hydroxylation sites is 2. The van der Waals surface area contributed by atoms with Crippen molar-refractivity contribution in [1.29, 1.82) is 0 Å². The van der Waals surface area contributed by atoms with Gasteiger partial charge in [0.2, 0.25) is 0 Å². The van der Waals surface area contributed by atoms with Crippen molar-refractivity contribution in [2.24, 2.45) is 0 Å². The predicted octanol–water partition coefficient (Wildman–Crippen LogP) is 4.50. The fourth-order valence-corrected chi connectivity index (χ4v) is 5.19. The second-order valence-corrected chi connectivity index (χ2v) is 10.1. The van der Waals surface area contributed by atoms with Gasteiger partial charge in [0.15, 0.2) is 0 Å². The molecule has 1 heterocycles. The van der Waals surface area contributed by atoms with Crippen LogP contribution < -0.4 is 14.4 Å². The third kappa shape index (κ3) is 5.46. The standard InChI is InChI=1S/C25H26ClN3O4S/c1-33-24-9-3-2-8-23(24)28-14-5-15-29(17-16-28)25(30)19-6-4-7-22(18-19)34(31,32)27-21-12-10-20(26)11-13-21/h2-4,6-13,18,27H,5,14-17H2,1H3. The molecule has 1 N–H and O–H groups in total. The molecule has 1 aliphatic heterocycles. The quantitative estimate of drug-likeness (QED) is 0.540. The predicted molar refractivity (Wildman–Crippen MR) is 134 cm³/mol. The number of carbonyl (C=O) groups is 1. The van der Waals surface area contributed by atoms with E-state index in [1.54, 1.807) is 48.4 Å². The molecule has 7 nitrogen and oxygen atoms in total. The number of hydrogen-bond donors (Lipinski definition) is 1. The molecule has 0 aliphatic carbocycles. The number of nitrogens with one attached hydrogen (secondary N) is 1. The number of rotatable bonds is 6. The zero-order valence-corrected chi connectivity index (χ0v) is 20.3. The number of carbonyl (C=O) groups excluding carboxylic acids is 1. The molecule has 9 heteroatoms. The first-order chi connectivity index (χ1) is 16.4. The molecule has 0 unspecified atom stereocenters. The Morgan fingerprint density at radius 3 is 2.47 bits per heavy atom. The highest BCUT2D eigenvalue weighted by molar-refractivity contribution is 7.92. The Bertz CT molecular complexity index is 1270. The Kier molecular flexibility index (Phi) is 7.29. The van der Waals surface area contributed by atoms with Gasteiger partial charge in [0.05, 0.1) is 17.7 Å². The summed E-state index contributed by atoms with van der Waals surface area (Å²) in [5.74, 6) is 0.610. The average molecular weight is 500 g/mol. The van der Waals surface area contributed by atoms with Crippen molar-refractivity contribution in [3.8, 4) is 5.75 Å². The van der Waals surface area contributed by atoms with E-state index in [4.69, 9.17) is 16.3 Å². The van der Waals surface area contributed by atoms with Crippen LogP contribution in [-0.4, -0.2) is 52.5 Å². The van der Waals surface area contributed by atoms with Crippen LogP contribution in [0.1, 0.15) is 16.8 Å². The molecule has 1 fully saturated rings. The molecule has 1 saturated heterocycles. The third-order valence-electron chi connectivity index (χ3n) is 5.70. The second kappa shape index (κ2) is 10.4. The van der Waals surface area contributed by atoms with Crippen LogP contribution in [0.15, 0.2) is 77.7 Å². The van der Waals surface area contributed by atoms with Crippen molar-refractivity contribution in [2.75, 3.05) is 42.9 Å². The lowest BCUT2D eigenvalue weighted by Gasteiger charge is -2.25. The molecule has 0 radical (unpaired) electrons. The number of benzene rings is 3. The van der Waals surface area contributed by atoms with E-state index in [0.29, 0.717) is 35.9 Å². The number of halogens is 1. The first-order valence-corrected chi connectivity index (χ1v) is 12.8. The highest BCUT2D eigenvalue weighted by Crippen LogP contribution is 2.28. The van der Waals surface area contributed by atoms with E-state index in [2.05, 4.69) is 9.62 Å². The highest BCUT2D eigenvalue weighted by atomic mass is 35.5. The van der Waals surface area contributed by atoms with Crippen molar-refractivity contribution in [3.63, 3.8) is 0 Å². The number of hydrogen-bond acceptors (Lipinski definition) is 5. The molecular formula is C25H26ClN3O4S. The van der Waals surface area contributed by atoms with Crippen molar-refractivity contribution >= 4 is 38.9 Å². The Balaban J connectivity index is 1.48. The summed E-state index contributed by atoms with van der Waals surface area (Å²) in [5, 5.41) is 0.511. The van der Waals surface area contributed by atoms with Gasteiger partial charge < -0.3 is 14.5 Å². The molecule has 4 rings (SSSR count). The van der Waals surface area contributed by atoms with Gasteiger partial charge in [-0.15, -0.1) is 0 Å². The number of anilines is 2. The summed E-state index contributed by atoms with van der Waals surface area (Å²) in [6.07, 6.45) is 0.792. The summed E-state index contributed by atoms with van der Waals surface area (Å²) in [6, 6.07) is 20.3. The number of amides is 1. The SMILES string of the molecule is COc1ccccc1N1CCCN(C(=O)c2cccc(S(=O)(=O)Nc3ccc(Cl)cc3)c2)CC1. The minimum Gasteiger partial charge on any atom is -0.495 e. The van der Waals surface area contributed by atoms with E-state index in [1.165, 1.54) is 12.1 Å². The van der Waals surface area contributed by atoms with Crippen LogP contribution in [0, 0.1) is 0 Å². The maximum atomic E-state index is 13.2. The third-order valence-corrected chi connectivity index (χ3v) is 7.33. The molecule has 0 saturated carbocycles. The first kappa shape index (κ1) is 23.9. The monoisotopic (exact) mass is 499 g/mol. The van der Waals surface area contributed by atoms with E-state index in [1.807, 2.05) is 24.3 Å². The van der Waals surface area contributed by atoms with Crippen molar-refractivity contribution in [2.45, 2.75) is 11.3 Å². The van der Waals surface area contributed by atoms with Crippen LogP contribution in [-0.2, 0) is 10.0 Å². The Hall–Kier alpha value is -3.23. The molecule has 0 spiro atoms. The fourth-order valence-electron chi connectivity index (χ4n) is 3.96. The zero-order chi connectivity index (χ0) is 24.1. The molecule has 0 bridgehead atoms. The van der Waals surface area contributed by atoms with E-state index in [9.17, 15) is 13.2 Å². The maximum Gasteiger partial charge on any atom is 0.261 e. The lowest BCUT2D eigenvalue weighted by Crippen LogP contribution is -2.35. The summed E-state index contributed by atoms with van der Waals surface area (Å²) in [6.45, 7) is 2.56. The summed E-state index contributed by atoms with van der Waals surface area (Å²) < 4.78 is 33.7. The van der Waals surface area contributed by atoms with Crippen LogP contribution in [0.2, 0.25) is 5.02 Å². The molecule has 3 aromatic carbocycles. The van der Waals surface area contributed by atoms with Gasteiger partial charge in [0, 0.05) is 42.5 Å². The van der Waals surface area contributed by atoms with Gasteiger partial charge in [-0.3, -0.25) is 9.52 Å². The van der Waals surface area contributed by atoms with Gasteiger partial charge in [0.1, 0.15) is 5.75 Å². The Morgan fingerprint density at radius 1 is 0.941 bits per heavy atom. The van der Waals surface area contributed by atoms with Crippen molar-refractivity contribution in [3.05, 3.63) is 83.4 Å². The Labute approximate surface area is 205 Å². The normalized spacial score (nSPS) is 14.4. The first-order valence-electron chi connectivity index (χ1n) is 10.9. The number of sulfonamides is 1. The molecule has 3 aromatic rings. The number of ether oxygens (including phenoxy) is 1. The minimum absolute atomic E-state index is 0.0266. The van der Waals surface area contributed by atoms with Crippen LogP contribution in [0.5, 0.6) is 5.75 Å². The van der Waals surface area contributed by atoms with Gasteiger partial charge in [0.25, 0.3) is 15.9 Å². The minimum atomic E-state index is -3.86. The number of methoxy groups -OCH3 is 1. The van der Waals surface area contributed by atoms with Crippen LogP contribution in [0.25, 0.3) is 0 Å². The van der Waals surface area contributed by atoms with Crippen LogP contribution in [0.4, 0.5) is 11.4 Å². The smallest absolute Gasteiger partial charge is 0.261 e. The molecular weight excluding hydrogens is 474 g/mol. The molecule has 1 amide bonds. The van der Waals surface area contributed by atoms with Crippen molar-refractivity contribution < 1.29 is 17.9 Å². The largest absolute Gasteiger partial charge is 0.495 e. The zero-order valence-electron chi connectivity index (χ0n) is 18.8. The molecule has 1 aliphatic rings. The number of nitrogens with zero attached hydrogens (tertiary/aromatic N) is 2. The van der Waals surface area contributed by atoms with Crippen LogP contribution >= 0.6 is 11.6 Å². The lowest BCUT2D eigenvalue weighted by atomic mass is 10.2. The summed E-state index contributed by atoms with van der Waals surface area (Å²) in [4.78, 5) is 17.3. The summed E-state index contributed by atoms with van der Waals surface area (Å²) in [5.41, 5.74) is 1.73. The van der Waals surface area contributed by atoms with E-state index in [-0.39, 0.29) is 10.8 Å². The summed E-state index contributed by atoms with van der Waals surface area (Å²) in [7, 11) is -2.21. The topological polar surface area (TPSA) is 79.0 Å². The second-order valence-electron chi connectivity index (χ2n) is 7.94. The summed E-state index contributed by atoms with van der Waals surface area (Å²) >= 11 is 5.87. The lowest BCUT2D eigenvalue weighted by molar-refractivity contribution is 0.0767. The van der Waals surface area contributed by atoms with Gasteiger partial charge in [-0.2, -0.15) is 0 Å². The van der Waals surface area contributed by atoms with Gasteiger partial charge in [-0.25, -0.2) is 8.42 Å². The van der Waals surface area contributed by atoms with E-state index < -0.39 is 10.0 Å². The molecule has 0 aromatic heterocycles. The van der Waals surface area contributed by atoms with Gasteiger partial charge in [-0.1, -0.05) is 29.8 Å². The molecule has 178 valence electrons. The average Bonchev–Trinajstić information content (AvgIpc) is 3.11. The van der Waals surface area contributed by atoms with Crippen molar-refractivity contribution in [1.82, 2.24) is 4.90 Å². The molecule has 34 heavy (non-hydrogen) atoms. The highest BCUT2D eigenvalue weighted by Gasteiger charge is 2.23. The Morgan fingerprint density at radius 2 is 1.71 bits per heavy atom. The maximum absolute atomic E-state index is 13.2. The molecule has 0 atom stereocenters. The van der Waals surface area contributed by atoms with Gasteiger partial charge in [-0.05, 0) is 61.0 Å². The van der Waals surface area contributed by atoms with E-state index in [0.717, 1.165) is 24.4 Å². The van der Waals surface area contributed by atoms with E-state index >= 15 is 0 Å². The van der Waals surface area contributed by atoms with Gasteiger partial charge >= 0.3 is 0 Å². The van der Waals surface area contributed by atoms with Crippen LogP contribution in [0.3, 0.4) is 0 Å².